The first-order valence-corrected chi connectivity index (χ1v) is 9.38. The number of amides is 2. The van der Waals surface area contributed by atoms with Crippen LogP contribution >= 0.6 is 15.9 Å². The monoisotopic (exact) mass is 459 g/mol. The summed E-state index contributed by atoms with van der Waals surface area (Å²) in [5, 5.41) is 5.72. The van der Waals surface area contributed by atoms with Crippen molar-refractivity contribution in [1.29, 1.82) is 0 Å². The van der Waals surface area contributed by atoms with Crippen molar-refractivity contribution in [1.82, 2.24) is 15.4 Å². The smallest absolute Gasteiger partial charge is 0.356 e. The molecule has 1 aromatic carbocycles. The summed E-state index contributed by atoms with van der Waals surface area (Å²) in [5.41, 5.74) is 1.61. The van der Waals surface area contributed by atoms with Crippen molar-refractivity contribution in [2.24, 2.45) is 0 Å². The Morgan fingerprint density at radius 3 is 2.68 bits per heavy atom. The lowest BCUT2D eigenvalue weighted by Crippen LogP contribution is -2.44. The molecule has 0 aliphatic carbocycles. The first-order valence-electron chi connectivity index (χ1n) is 8.59. The molecule has 150 valence electrons. The van der Waals surface area contributed by atoms with Crippen LogP contribution < -0.4 is 5.32 Å². The lowest BCUT2D eigenvalue weighted by Gasteiger charge is -2.17. The summed E-state index contributed by atoms with van der Waals surface area (Å²) >= 11 is 3.36. The average Bonchev–Trinajstić information content (AvgIpc) is 3.29. The third-order valence-electron chi connectivity index (χ3n) is 4.49. The van der Waals surface area contributed by atoms with E-state index in [0.717, 1.165) is 15.6 Å². The van der Waals surface area contributed by atoms with Crippen LogP contribution in [0, 0.1) is 0 Å². The molecule has 1 fully saturated rings. The first-order chi connectivity index (χ1) is 13.2. The lowest BCUT2D eigenvalue weighted by atomic mass is 10.1. The third-order valence-corrected chi connectivity index (χ3v) is 5.02. The number of carbonyl (C=O) groups is 2. The van der Waals surface area contributed by atoms with Gasteiger partial charge in [0.05, 0.1) is 6.20 Å². The van der Waals surface area contributed by atoms with E-state index >= 15 is 0 Å². The minimum absolute atomic E-state index is 0.0733. The Bertz CT molecular complexity index is 852. The molecule has 0 saturated carbocycles. The molecule has 1 aliphatic heterocycles. The van der Waals surface area contributed by atoms with E-state index in [4.69, 9.17) is 4.52 Å². The van der Waals surface area contributed by atoms with E-state index in [2.05, 4.69) is 21.1 Å². The fourth-order valence-electron chi connectivity index (χ4n) is 3.05. The van der Waals surface area contributed by atoms with Crippen molar-refractivity contribution in [3.8, 4) is 11.3 Å². The Kier molecular flexibility index (Phi) is 6.07. The minimum atomic E-state index is -4.92. The number of nitrogens with one attached hydrogen (secondary N) is 1. The molecule has 2 heterocycles. The van der Waals surface area contributed by atoms with Crippen molar-refractivity contribution in [3.05, 3.63) is 40.5 Å². The number of benzene rings is 1. The summed E-state index contributed by atoms with van der Waals surface area (Å²) in [7, 11) is 0. The Morgan fingerprint density at radius 2 is 2.00 bits per heavy atom. The summed E-state index contributed by atoms with van der Waals surface area (Å²) < 4.78 is 43.2. The maximum atomic E-state index is 12.4. The van der Waals surface area contributed by atoms with Crippen LogP contribution in [-0.2, 0) is 16.0 Å². The highest BCUT2D eigenvalue weighted by Gasteiger charge is 2.41. The summed E-state index contributed by atoms with van der Waals surface area (Å²) in [6.45, 7) is 0.384. The second-order valence-electron chi connectivity index (χ2n) is 6.48. The Balaban J connectivity index is 1.54. The van der Waals surface area contributed by atoms with Crippen LogP contribution in [-0.4, -0.2) is 47.2 Å². The van der Waals surface area contributed by atoms with E-state index in [-0.39, 0.29) is 18.9 Å². The Hall–Kier alpha value is -2.36. The van der Waals surface area contributed by atoms with E-state index < -0.39 is 18.1 Å². The molecule has 0 unspecified atom stereocenters. The topological polar surface area (TPSA) is 75.4 Å². The number of aromatic nitrogens is 1. The predicted molar refractivity (Wildman–Crippen MR) is 97.1 cm³/mol. The number of aryl methyl sites for hydroxylation is 1. The van der Waals surface area contributed by atoms with Gasteiger partial charge in [-0.25, -0.2) is 0 Å². The summed E-state index contributed by atoms with van der Waals surface area (Å²) in [6, 6.07) is 6.78. The summed E-state index contributed by atoms with van der Waals surface area (Å²) in [5.74, 6) is -1.58. The van der Waals surface area contributed by atoms with Gasteiger partial charge in [0.2, 0.25) is 5.91 Å². The fourth-order valence-corrected chi connectivity index (χ4v) is 3.31. The number of carbonyl (C=O) groups excluding carboxylic acids is 2. The fraction of sp³-hybridized carbons (Fsp3) is 0.389. The van der Waals surface area contributed by atoms with Gasteiger partial charge in [-0.1, -0.05) is 33.2 Å². The quantitative estimate of drug-likeness (QED) is 0.743. The number of halogens is 4. The van der Waals surface area contributed by atoms with Crippen molar-refractivity contribution in [2.75, 3.05) is 13.1 Å². The zero-order valence-corrected chi connectivity index (χ0v) is 16.2. The van der Waals surface area contributed by atoms with Gasteiger partial charge in [-0.15, -0.1) is 0 Å². The number of likely N-dealkylation sites (tertiary alicyclic amines) is 1. The molecular weight excluding hydrogens is 443 g/mol. The molecule has 1 N–H and O–H groups in total. The van der Waals surface area contributed by atoms with Gasteiger partial charge in [-0.2, -0.15) is 13.2 Å². The number of hydrogen-bond acceptors (Lipinski definition) is 4. The molecule has 0 radical (unpaired) electrons. The van der Waals surface area contributed by atoms with Crippen molar-refractivity contribution < 1.29 is 27.3 Å². The van der Waals surface area contributed by atoms with E-state index in [0.29, 0.717) is 25.1 Å². The molecule has 2 aromatic rings. The molecule has 3 rings (SSSR count). The largest absolute Gasteiger partial charge is 0.471 e. The first kappa shape index (κ1) is 20.4. The van der Waals surface area contributed by atoms with Crippen LogP contribution in [0.4, 0.5) is 13.2 Å². The van der Waals surface area contributed by atoms with E-state index in [1.165, 1.54) is 4.90 Å². The highest BCUT2D eigenvalue weighted by Crippen LogP contribution is 2.26. The SMILES string of the molecule is O=C(CCc1cnoc1-c1ccc(Br)cc1)N1CC[C@H](NC(=O)C(F)(F)F)C1. The minimum Gasteiger partial charge on any atom is -0.356 e. The molecule has 0 bridgehead atoms. The van der Waals surface area contributed by atoms with Crippen LogP contribution in [0.5, 0.6) is 0 Å². The molecule has 6 nitrogen and oxygen atoms in total. The second-order valence-corrected chi connectivity index (χ2v) is 7.40. The van der Waals surface area contributed by atoms with Crippen molar-refractivity contribution in [3.63, 3.8) is 0 Å². The van der Waals surface area contributed by atoms with Crippen LogP contribution in [0.2, 0.25) is 0 Å². The number of nitrogens with zero attached hydrogens (tertiary/aromatic N) is 2. The molecule has 28 heavy (non-hydrogen) atoms. The van der Waals surface area contributed by atoms with Gasteiger partial charge in [0.15, 0.2) is 5.76 Å². The summed E-state index contributed by atoms with van der Waals surface area (Å²) in [4.78, 5) is 24.9. The third kappa shape index (κ3) is 4.92. The molecule has 2 amide bonds. The van der Waals surface area contributed by atoms with E-state index in [9.17, 15) is 22.8 Å². The Morgan fingerprint density at radius 1 is 1.29 bits per heavy atom. The highest BCUT2D eigenvalue weighted by atomic mass is 79.9. The van der Waals surface area contributed by atoms with Crippen molar-refractivity contribution >= 4 is 27.7 Å². The van der Waals surface area contributed by atoms with Crippen LogP contribution in [0.1, 0.15) is 18.4 Å². The molecule has 1 aromatic heterocycles. The zero-order chi connectivity index (χ0) is 20.3. The van der Waals surface area contributed by atoms with Gasteiger partial charge in [-0.05, 0) is 25.0 Å². The van der Waals surface area contributed by atoms with Crippen LogP contribution in [0.15, 0.2) is 39.5 Å². The maximum absolute atomic E-state index is 12.4. The zero-order valence-electron chi connectivity index (χ0n) is 14.6. The molecule has 1 atom stereocenters. The van der Waals surface area contributed by atoms with Crippen molar-refractivity contribution in [2.45, 2.75) is 31.5 Å². The normalized spacial score (nSPS) is 17.0. The molecule has 0 spiro atoms. The number of rotatable bonds is 5. The van der Waals surface area contributed by atoms with E-state index in [1.54, 1.807) is 6.20 Å². The average molecular weight is 460 g/mol. The molecule has 1 aliphatic rings. The lowest BCUT2D eigenvalue weighted by molar-refractivity contribution is -0.174. The van der Waals surface area contributed by atoms with Gasteiger partial charge < -0.3 is 14.7 Å². The molecule has 1 saturated heterocycles. The van der Waals surface area contributed by atoms with E-state index in [1.807, 2.05) is 29.6 Å². The molecular formula is C18H17BrF3N3O3. The number of hydrogen-bond donors (Lipinski definition) is 1. The van der Waals surface area contributed by atoms with Gasteiger partial charge in [-0.3, -0.25) is 9.59 Å². The van der Waals surface area contributed by atoms with Gasteiger partial charge in [0.1, 0.15) is 0 Å². The van der Waals surface area contributed by atoms with Crippen LogP contribution in [0.25, 0.3) is 11.3 Å². The van der Waals surface area contributed by atoms with Gasteiger partial charge in [0, 0.05) is 41.2 Å². The van der Waals surface area contributed by atoms with Gasteiger partial charge >= 0.3 is 12.1 Å². The predicted octanol–water partition coefficient (Wildman–Crippen LogP) is 3.32. The maximum Gasteiger partial charge on any atom is 0.471 e. The highest BCUT2D eigenvalue weighted by molar-refractivity contribution is 9.10. The standard InChI is InChI=1S/C18H17BrF3N3O3/c19-13-4-1-11(2-5-13)16-12(9-23-28-16)3-6-15(26)25-8-7-14(10-25)24-17(27)18(20,21)22/h1-2,4-5,9,14H,3,6-8,10H2,(H,24,27)/t14-/m0/s1. The summed E-state index contributed by atoms with van der Waals surface area (Å²) in [6.07, 6.45) is -2.50. The molecule has 10 heteroatoms. The Labute approximate surface area is 167 Å². The number of alkyl halides is 3. The van der Waals surface area contributed by atoms with Crippen LogP contribution in [0.3, 0.4) is 0 Å². The second kappa shape index (κ2) is 8.34. The van der Waals surface area contributed by atoms with Gasteiger partial charge in [0.25, 0.3) is 0 Å².